The van der Waals surface area contributed by atoms with E-state index in [9.17, 15) is 9.59 Å². The van der Waals surface area contributed by atoms with Crippen molar-refractivity contribution < 1.29 is 9.59 Å². The quantitative estimate of drug-likeness (QED) is 0.216. The second-order valence-electron chi connectivity index (χ2n) is 9.79. The molecule has 2 N–H and O–H groups in total. The van der Waals surface area contributed by atoms with Crippen LogP contribution in [0.15, 0.2) is 17.1 Å². The summed E-state index contributed by atoms with van der Waals surface area (Å²) in [5.74, 6) is 2.33. The van der Waals surface area contributed by atoms with Crippen molar-refractivity contribution in [3.8, 4) is 0 Å². The summed E-state index contributed by atoms with van der Waals surface area (Å²) < 4.78 is 0. The summed E-state index contributed by atoms with van der Waals surface area (Å²) in [7, 11) is 0. The van der Waals surface area contributed by atoms with Crippen LogP contribution in [0.3, 0.4) is 0 Å². The lowest BCUT2D eigenvalue weighted by molar-refractivity contribution is -0.140. The van der Waals surface area contributed by atoms with Gasteiger partial charge in [0.2, 0.25) is 11.8 Å². The van der Waals surface area contributed by atoms with Crippen LogP contribution in [-0.4, -0.2) is 48.9 Å². The standard InChI is InChI=1S/C23H34N4O2/c1-2-24-22(26-14-23(9-3-10-23)17-7-8-17)25-11-4-12-27-20(28)18-15-5-6-16(13-15)19(18)21(27)29/h5-6,15-19H,2-4,7-14H2,1H3,(H2,24,25,26). The first-order valence-corrected chi connectivity index (χ1v) is 11.7. The minimum absolute atomic E-state index is 0.0637. The van der Waals surface area contributed by atoms with Crippen LogP contribution in [0.2, 0.25) is 0 Å². The summed E-state index contributed by atoms with van der Waals surface area (Å²) in [5.41, 5.74) is 0.474. The van der Waals surface area contributed by atoms with Gasteiger partial charge < -0.3 is 10.6 Å². The fourth-order valence-electron chi connectivity index (χ4n) is 6.23. The molecule has 4 unspecified atom stereocenters. The zero-order chi connectivity index (χ0) is 20.0. The minimum atomic E-state index is -0.0783. The number of imide groups is 1. The van der Waals surface area contributed by atoms with Crippen molar-refractivity contribution in [3.63, 3.8) is 0 Å². The number of aliphatic imine (C=N–C) groups is 1. The second kappa shape index (κ2) is 7.44. The predicted molar refractivity (Wildman–Crippen MR) is 112 cm³/mol. The molecular formula is C23H34N4O2. The summed E-state index contributed by atoms with van der Waals surface area (Å²) in [6.07, 6.45) is 12.8. The Morgan fingerprint density at radius 2 is 1.83 bits per heavy atom. The molecular weight excluding hydrogens is 364 g/mol. The number of hydrogen-bond donors (Lipinski definition) is 2. The first-order chi connectivity index (χ1) is 14.1. The number of likely N-dealkylation sites (tertiary alicyclic amines) is 1. The van der Waals surface area contributed by atoms with Crippen molar-refractivity contribution in [2.75, 3.05) is 26.2 Å². The van der Waals surface area contributed by atoms with E-state index in [2.05, 4.69) is 29.7 Å². The van der Waals surface area contributed by atoms with Crippen LogP contribution in [0.5, 0.6) is 0 Å². The highest BCUT2D eigenvalue weighted by Gasteiger charge is 2.58. The molecule has 4 fully saturated rings. The Morgan fingerprint density at radius 1 is 1.14 bits per heavy atom. The summed E-state index contributed by atoms with van der Waals surface area (Å²) in [6.45, 7) is 5.09. The van der Waals surface area contributed by atoms with E-state index in [1.54, 1.807) is 0 Å². The summed E-state index contributed by atoms with van der Waals surface area (Å²) in [4.78, 5) is 31.9. The van der Waals surface area contributed by atoms with E-state index in [0.29, 0.717) is 23.8 Å². The number of amides is 2. The van der Waals surface area contributed by atoms with Crippen molar-refractivity contribution >= 4 is 17.8 Å². The fraction of sp³-hybridized carbons (Fsp3) is 0.783. The maximum atomic E-state index is 12.8. The van der Waals surface area contributed by atoms with E-state index in [0.717, 1.165) is 44.4 Å². The zero-order valence-corrected chi connectivity index (χ0v) is 17.5. The topological polar surface area (TPSA) is 73.8 Å². The first kappa shape index (κ1) is 19.1. The van der Waals surface area contributed by atoms with Crippen LogP contribution < -0.4 is 10.6 Å². The highest BCUT2D eigenvalue weighted by atomic mass is 16.2. The van der Waals surface area contributed by atoms with Crippen molar-refractivity contribution in [2.45, 2.75) is 51.9 Å². The third-order valence-electron chi connectivity index (χ3n) is 8.10. The highest BCUT2D eigenvalue weighted by molar-refractivity contribution is 6.06. The summed E-state index contributed by atoms with van der Waals surface area (Å²) in [6, 6.07) is 0. The average Bonchev–Trinajstić information content (AvgIpc) is 3.23. The van der Waals surface area contributed by atoms with Gasteiger partial charge in [0, 0.05) is 26.2 Å². The third kappa shape index (κ3) is 3.28. The van der Waals surface area contributed by atoms with Gasteiger partial charge in [-0.3, -0.25) is 19.5 Å². The van der Waals surface area contributed by atoms with Crippen LogP contribution in [0.4, 0.5) is 0 Å². The largest absolute Gasteiger partial charge is 0.357 e. The Kier molecular flexibility index (Phi) is 4.91. The van der Waals surface area contributed by atoms with E-state index in [1.165, 1.54) is 37.0 Å². The molecule has 0 aromatic carbocycles. The molecule has 2 amide bonds. The van der Waals surface area contributed by atoms with Gasteiger partial charge in [0.05, 0.1) is 11.8 Å². The lowest BCUT2D eigenvalue weighted by atomic mass is 9.65. The van der Waals surface area contributed by atoms with E-state index in [4.69, 9.17) is 4.99 Å². The maximum Gasteiger partial charge on any atom is 0.233 e. The molecule has 2 bridgehead atoms. The monoisotopic (exact) mass is 398 g/mol. The van der Waals surface area contributed by atoms with Gasteiger partial charge in [0.15, 0.2) is 5.96 Å². The molecule has 0 spiro atoms. The lowest BCUT2D eigenvalue weighted by Gasteiger charge is -2.41. The molecule has 1 heterocycles. The molecule has 6 nitrogen and oxygen atoms in total. The highest BCUT2D eigenvalue weighted by Crippen LogP contribution is 2.57. The number of nitrogens with zero attached hydrogens (tertiary/aromatic N) is 2. The summed E-state index contributed by atoms with van der Waals surface area (Å²) >= 11 is 0. The molecule has 158 valence electrons. The van der Waals surface area contributed by atoms with Crippen LogP contribution in [-0.2, 0) is 9.59 Å². The molecule has 0 aromatic heterocycles. The molecule has 0 radical (unpaired) electrons. The molecule has 5 rings (SSSR count). The van der Waals surface area contributed by atoms with Crippen molar-refractivity contribution in [1.82, 2.24) is 15.5 Å². The molecule has 1 saturated heterocycles. The number of hydrogen-bond acceptors (Lipinski definition) is 3. The second-order valence-corrected chi connectivity index (χ2v) is 9.79. The van der Waals surface area contributed by atoms with E-state index < -0.39 is 0 Å². The zero-order valence-electron chi connectivity index (χ0n) is 17.5. The van der Waals surface area contributed by atoms with Gasteiger partial charge in [0.1, 0.15) is 0 Å². The Hall–Kier alpha value is -1.85. The number of carbonyl (C=O) groups is 2. The molecule has 4 aliphatic carbocycles. The molecule has 29 heavy (non-hydrogen) atoms. The van der Waals surface area contributed by atoms with Crippen molar-refractivity contribution in [2.24, 2.45) is 40.0 Å². The smallest absolute Gasteiger partial charge is 0.233 e. The molecule has 5 aliphatic rings. The van der Waals surface area contributed by atoms with Gasteiger partial charge in [-0.25, -0.2) is 0 Å². The minimum Gasteiger partial charge on any atom is -0.357 e. The Bertz CT molecular complexity index is 707. The molecule has 6 heteroatoms. The Labute approximate surface area is 173 Å². The maximum absolute atomic E-state index is 12.8. The SMILES string of the molecule is CCNC(=NCC1(C2CC2)CCC1)NCCCN1C(=O)C2C3C=CC(C3)C2C1=O. The normalized spacial score (nSPS) is 34.5. The van der Waals surface area contributed by atoms with Crippen LogP contribution in [0.25, 0.3) is 0 Å². The number of carbonyl (C=O) groups excluding carboxylic acids is 2. The van der Waals surface area contributed by atoms with E-state index in [-0.39, 0.29) is 23.7 Å². The molecule has 3 saturated carbocycles. The number of rotatable bonds is 8. The van der Waals surface area contributed by atoms with Crippen molar-refractivity contribution in [1.29, 1.82) is 0 Å². The predicted octanol–water partition coefficient (Wildman–Crippen LogP) is 2.32. The van der Waals surface area contributed by atoms with Crippen LogP contribution in [0.1, 0.15) is 51.9 Å². The van der Waals surface area contributed by atoms with Gasteiger partial charge >= 0.3 is 0 Å². The molecule has 4 atom stereocenters. The lowest BCUT2D eigenvalue weighted by Crippen LogP contribution is -2.42. The van der Waals surface area contributed by atoms with Crippen molar-refractivity contribution in [3.05, 3.63) is 12.2 Å². The average molecular weight is 399 g/mol. The number of fused-ring (bicyclic) bond motifs is 5. The van der Waals surface area contributed by atoms with Gasteiger partial charge in [-0.05, 0) is 68.6 Å². The molecule has 0 aromatic rings. The fourth-order valence-corrected chi connectivity index (χ4v) is 6.23. The van der Waals surface area contributed by atoms with Gasteiger partial charge in [-0.2, -0.15) is 0 Å². The third-order valence-corrected chi connectivity index (χ3v) is 8.10. The van der Waals surface area contributed by atoms with Crippen LogP contribution in [0, 0.1) is 35.0 Å². The van der Waals surface area contributed by atoms with Crippen LogP contribution >= 0.6 is 0 Å². The van der Waals surface area contributed by atoms with E-state index >= 15 is 0 Å². The first-order valence-electron chi connectivity index (χ1n) is 11.7. The number of allylic oxidation sites excluding steroid dienone is 2. The number of guanidine groups is 1. The van der Waals surface area contributed by atoms with Gasteiger partial charge in [-0.15, -0.1) is 0 Å². The van der Waals surface area contributed by atoms with Gasteiger partial charge in [-0.1, -0.05) is 18.6 Å². The Morgan fingerprint density at radius 3 is 2.38 bits per heavy atom. The summed E-state index contributed by atoms with van der Waals surface area (Å²) in [5, 5.41) is 6.76. The van der Waals surface area contributed by atoms with Gasteiger partial charge in [0.25, 0.3) is 0 Å². The number of nitrogens with one attached hydrogen (secondary N) is 2. The van der Waals surface area contributed by atoms with E-state index in [1.807, 2.05) is 0 Å². The Balaban J connectivity index is 1.11. The molecule has 1 aliphatic heterocycles.